The van der Waals surface area contributed by atoms with Crippen LogP contribution in [0.2, 0.25) is 0 Å². The maximum absolute atomic E-state index is 11.1. The third-order valence-electron chi connectivity index (χ3n) is 5.65. The number of nitrogens with one attached hydrogen (secondary N) is 1. The Labute approximate surface area is 208 Å². The van der Waals surface area contributed by atoms with E-state index in [-0.39, 0.29) is 5.41 Å². The van der Waals surface area contributed by atoms with E-state index in [1.807, 2.05) is 45.2 Å². The van der Waals surface area contributed by atoms with E-state index in [9.17, 15) is 13.2 Å². The summed E-state index contributed by atoms with van der Waals surface area (Å²) in [6.45, 7) is 13.1. The van der Waals surface area contributed by atoms with E-state index in [4.69, 9.17) is 10.5 Å². The minimum absolute atomic E-state index is 0.00818. The summed E-state index contributed by atoms with van der Waals surface area (Å²) in [6, 6.07) is 17.5. The summed E-state index contributed by atoms with van der Waals surface area (Å²) in [4.78, 5) is 0. The molecule has 2 aromatic carbocycles. The molecule has 2 aromatic rings. The third kappa shape index (κ3) is 8.85. The van der Waals surface area contributed by atoms with Gasteiger partial charge >= 0.3 is 6.18 Å². The van der Waals surface area contributed by atoms with Crippen LogP contribution in [-0.4, -0.2) is 19.3 Å². The molecule has 0 saturated carbocycles. The normalized spacial score (nSPS) is 13.8. The molecule has 3 N–H and O–H groups in total. The molecular weight excluding hydrogens is 449 g/mol. The molecule has 0 aliphatic heterocycles. The number of benzene rings is 2. The van der Waals surface area contributed by atoms with Gasteiger partial charge in [0.25, 0.3) is 0 Å². The summed E-state index contributed by atoms with van der Waals surface area (Å²) in [7, 11) is 0. The molecule has 0 aromatic heterocycles. The van der Waals surface area contributed by atoms with Crippen LogP contribution in [0.1, 0.15) is 58.6 Å². The van der Waals surface area contributed by atoms with Crippen molar-refractivity contribution in [2.75, 3.05) is 13.2 Å². The van der Waals surface area contributed by atoms with Crippen molar-refractivity contribution in [3.05, 3.63) is 96.0 Å². The molecule has 192 valence electrons. The molecule has 0 amide bonds. The van der Waals surface area contributed by atoms with Crippen molar-refractivity contribution in [1.82, 2.24) is 5.32 Å². The monoisotopic (exact) mass is 488 g/mol. The maximum Gasteiger partial charge on any atom is 0.405 e. The Bertz CT molecular complexity index is 948. The second-order valence-corrected chi connectivity index (χ2v) is 8.09. The Kier molecular flexibility index (Phi) is 12.2. The highest BCUT2D eigenvalue weighted by Crippen LogP contribution is 2.50. The van der Waals surface area contributed by atoms with Crippen LogP contribution in [0.15, 0.2) is 84.9 Å². The summed E-state index contributed by atoms with van der Waals surface area (Å²) in [5.74, 6) is 0.902. The quantitative estimate of drug-likeness (QED) is 0.294. The summed E-state index contributed by atoms with van der Waals surface area (Å²) < 4.78 is 39.4. The molecule has 0 saturated heterocycles. The van der Waals surface area contributed by atoms with E-state index in [1.165, 1.54) is 22.3 Å². The second kappa shape index (κ2) is 14.3. The largest absolute Gasteiger partial charge is 0.498 e. The standard InChI is InChI=1S/C23H27NO.C4H6F3N.C2H6/c1-4-18(24)14-13-17(2)25-16-15-23(3)21-11-7-5-9-19(21)20-10-6-8-12-22(20)23;1-2-8-3-4(5,6)7;1-2/h5-14H,4,15-16,24H2,1-3H3;2,8H,1,3H2;1-2H3/b17-13+,18-14+;;. The van der Waals surface area contributed by atoms with Gasteiger partial charge in [-0.05, 0) is 60.4 Å². The number of allylic oxidation sites excluding steroid dienone is 4. The number of alkyl halides is 3. The first kappa shape index (κ1) is 29.9. The molecule has 3 nitrogen and oxygen atoms in total. The van der Waals surface area contributed by atoms with E-state index in [0.29, 0.717) is 6.61 Å². The Morgan fingerprint density at radius 1 is 1.03 bits per heavy atom. The first-order valence-electron chi connectivity index (χ1n) is 12.0. The first-order chi connectivity index (χ1) is 16.6. The molecule has 1 aliphatic carbocycles. The Morgan fingerprint density at radius 2 is 1.54 bits per heavy atom. The lowest BCUT2D eigenvalue weighted by Crippen LogP contribution is -2.24. The Balaban J connectivity index is 0.000000523. The third-order valence-corrected chi connectivity index (χ3v) is 5.65. The summed E-state index contributed by atoms with van der Waals surface area (Å²) >= 11 is 0. The predicted molar refractivity (Wildman–Crippen MR) is 141 cm³/mol. The van der Waals surface area contributed by atoms with Gasteiger partial charge in [-0.15, -0.1) is 0 Å². The molecule has 6 heteroatoms. The minimum atomic E-state index is -4.13. The first-order valence-corrected chi connectivity index (χ1v) is 12.0. The van der Waals surface area contributed by atoms with Crippen LogP contribution in [0.3, 0.4) is 0 Å². The van der Waals surface area contributed by atoms with Gasteiger partial charge in [0.15, 0.2) is 0 Å². The fourth-order valence-electron chi connectivity index (χ4n) is 3.81. The number of hydrogen-bond acceptors (Lipinski definition) is 3. The van der Waals surface area contributed by atoms with Crippen molar-refractivity contribution >= 4 is 0 Å². The number of fused-ring (bicyclic) bond motifs is 3. The SMILES string of the molecule is C=CNCC(F)(F)F.CC.CC/C(N)=C\C=C(/C)OCCC1(C)c2ccccc2-c2ccccc21. The van der Waals surface area contributed by atoms with Crippen molar-refractivity contribution in [3.63, 3.8) is 0 Å². The molecule has 35 heavy (non-hydrogen) atoms. The highest BCUT2D eigenvalue weighted by Gasteiger charge is 2.38. The van der Waals surface area contributed by atoms with Crippen LogP contribution in [0.4, 0.5) is 13.2 Å². The minimum Gasteiger partial charge on any atom is -0.498 e. The molecule has 0 radical (unpaired) electrons. The molecule has 0 atom stereocenters. The molecule has 0 unspecified atom stereocenters. The lowest BCUT2D eigenvalue weighted by Gasteiger charge is -2.27. The number of ether oxygens (including phenoxy) is 1. The molecule has 3 rings (SSSR count). The molecule has 0 spiro atoms. The molecular formula is C29H39F3N2O. The zero-order valence-electron chi connectivity index (χ0n) is 21.5. The smallest absolute Gasteiger partial charge is 0.405 e. The van der Waals surface area contributed by atoms with Crippen molar-refractivity contribution in [2.45, 2.75) is 59.1 Å². The summed E-state index contributed by atoms with van der Waals surface area (Å²) in [5.41, 5.74) is 12.2. The van der Waals surface area contributed by atoms with Gasteiger partial charge in [-0.25, -0.2) is 0 Å². The van der Waals surface area contributed by atoms with Crippen LogP contribution in [0, 0.1) is 0 Å². The van der Waals surface area contributed by atoms with Gasteiger partial charge in [-0.2, -0.15) is 13.2 Å². The Morgan fingerprint density at radius 3 is 1.97 bits per heavy atom. The van der Waals surface area contributed by atoms with Crippen LogP contribution in [-0.2, 0) is 10.2 Å². The van der Waals surface area contributed by atoms with E-state index in [2.05, 4.69) is 62.0 Å². The topological polar surface area (TPSA) is 47.3 Å². The van der Waals surface area contributed by atoms with Gasteiger partial charge in [0.05, 0.1) is 12.4 Å². The van der Waals surface area contributed by atoms with E-state index in [0.717, 1.165) is 30.5 Å². The van der Waals surface area contributed by atoms with Crippen LogP contribution >= 0.6 is 0 Å². The number of rotatable bonds is 8. The maximum atomic E-state index is 11.1. The van der Waals surface area contributed by atoms with Gasteiger partial charge in [0.1, 0.15) is 6.54 Å². The van der Waals surface area contributed by atoms with Crippen molar-refractivity contribution in [1.29, 1.82) is 0 Å². The fourth-order valence-corrected chi connectivity index (χ4v) is 3.81. The highest BCUT2D eigenvalue weighted by molar-refractivity contribution is 5.80. The number of nitrogens with two attached hydrogens (primary N) is 1. The van der Waals surface area contributed by atoms with Crippen molar-refractivity contribution in [2.24, 2.45) is 5.73 Å². The van der Waals surface area contributed by atoms with Gasteiger partial charge < -0.3 is 15.8 Å². The molecule has 1 aliphatic rings. The number of halogens is 3. The van der Waals surface area contributed by atoms with E-state index >= 15 is 0 Å². The Hall–Kier alpha value is -3.15. The second-order valence-electron chi connectivity index (χ2n) is 8.09. The van der Waals surface area contributed by atoms with Crippen LogP contribution in [0.5, 0.6) is 0 Å². The van der Waals surface area contributed by atoms with E-state index < -0.39 is 12.7 Å². The van der Waals surface area contributed by atoms with Crippen molar-refractivity contribution in [3.8, 4) is 11.1 Å². The average Bonchev–Trinajstić information content (AvgIpc) is 3.11. The van der Waals surface area contributed by atoms with Crippen LogP contribution in [0.25, 0.3) is 11.1 Å². The zero-order valence-corrected chi connectivity index (χ0v) is 21.5. The van der Waals surface area contributed by atoms with Gasteiger partial charge in [-0.1, -0.05) is 82.8 Å². The van der Waals surface area contributed by atoms with Crippen LogP contribution < -0.4 is 11.1 Å². The van der Waals surface area contributed by atoms with Gasteiger partial charge in [0, 0.05) is 11.1 Å². The lowest BCUT2D eigenvalue weighted by molar-refractivity contribution is -0.122. The molecule has 0 bridgehead atoms. The van der Waals surface area contributed by atoms with Crippen molar-refractivity contribution < 1.29 is 17.9 Å². The van der Waals surface area contributed by atoms with Gasteiger partial charge in [-0.3, -0.25) is 0 Å². The highest BCUT2D eigenvalue weighted by atomic mass is 19.4. The van der Waals surface area contributed by atoms with Gasteiger partial charge in [0.2, 0.25) is 0 Å². The summed E-state index contributed by atoms with van der Waals surface area (Å²) in [5, 5.41) is 1.93. The van der Waals surface area contributed by atoms with E-state index in [1.54, 1.807) is 0 Å². The zero-order chi connectivity index (χ0) is 26.5. The average molecular weight is 489 g/mol. The fraction of sp³-hybridized carbons (Fsp3) is 0.379. The number of hydrogen-bond donors (Lipinski definition) is 2. The predicted octanol–water partition coefficient (Wildman–Crippen LogP) is 7.84. The molecule has 0 fully saturated rings. The molecule has 0 heterocycles. The summed E-state index contributed by atoms with van der Waals surface area (Å²) in [6.07, 6.45) is 2.56. The lowest BCUT2D eigenvalue weighted by atomic mass is 9.77.